The summed E-state index contributed by atoms with van der Waals surface area (Å²) in [5, 5.41) is 0.0493. The summed E-state index contributed by atoms with van der Waals surface area (Å²) in [5.41, 5.74) is -0.534. The van der Waals surface area contributed by atoms with Crippen molar-refractivity contribution in [3.63, 3.8) is 0 Å². The van der Waals surface area contributed by atoms with E-state index >= 15 is 0 Å². The molecule has 0 unspecified atom stereocenters. The largest absolute Gasteiger partial charge is 0.444 e. The van der Waals surface area contributed by atoms with Crippen LogP contribution in [-0.4, -0.2) is 49.9 Å². The molecule has 0 aromatic carbocycles. The molecule has 0 aromatic heterocycles. The van der Waals surface area contributed by atoms with Crippen molar-refractivity contribution in [2.24, 2.45) is 5.92 Å². The fourth-order valence-electron chi connectivity index (χ4n) is 2.39. The van der Waals surface area contributed by atoms with Crippen LogP contribution >= 0.6 is 0 Å². The molecule has 5 nitrogen and oxygen atoms in total. The molecule has 1 aliphatic heterocycles. The molecule has 0 bridgehead atoms. The van der Waals surface area contributed by atoms with Crippen LogP contribution in [0.1, 0.15) is 54.9 Å². The van der Waals surface area contributed by atoms with Crippen LogP contribution in [0.2, 0.25) is 18.1 Å². The summed E-state index contributed by atoms with van der Waals surface area (Å²) in [6, 6.07) is 0. The highest BCUT2D eigenvalue weighted by Gasteiger charge is 2.42. The van der Waals surface area contributed by atoms with Gasteiger partial charge in [0.15, 0.2) is 14.1 Å². The van der Waals surface area contributed by atoms with Gasteiger partial charge in [-0.25, -0.2) is 4.79 Å². The molecule has 1 fully saturated rings. The highest BCUT2D eigenvalue weighted by Crippen LogP contribution is 2.38. The summed E-state index contributed by atoms with van der Waals surface area (Å²) in [4.78, 5) is 26.7. The summed E-state index contributed by atoms with van der Waals surface area (Å²) in [6.45, 7) is 19.1. The summed E-state index contributed by atoms with van der Waals surface area (Å²) >= 11 is 0. The Labute approximate surface area is 148 Å². The number of nitrogens with zero attached hydrogens (tertiary/aromatic N) is 1. The number of hydrogen-bond donors (Lipinski definition) is 0. The Bertz CT molecular complexity index is 476. The van der Waals surface area contributed by atoms with Crippen molar-refractivity contribution in [1.82, 2.24) is 4.90 Å². The number of hydrogen-bond acceptors (Lipinski definition) is 4. The van der Waals surface area contributed by atoms with Gasteiger partial charge >= 0.3 is 6.09 Å². The number of amides is 1. The number of carbonyl (C=O) groups is 2. The molecule has 2 atom stereocenters. The second kappa shape index (κ2) is 7.16. The molecular weight excluding hydrogens is 322 g/mol. The molecule has 1 heterocycles. The molecule has 0 N–H and O–H groups in total. The lowest BCUT2D eigenvalue weighted by molar-refractivity contribution is -0.129. The molecule has 1 rings (SSSR count). The van der Waals surface area contributed by atoms with Crippen LogP contribution in [0, 0.1) is 5.92 Å². The predicted octanol–water partition coefficient (Wildman–Crippen LogP) is 4.22. The molecule has 1 saturated heterocycles. The maximum atomic E-state index is 12.7. The topological polar surface area (TPSA) is 55.8 Å². The summed E-state index contributed by atoms with van der Waals surface area (Å²) in [6.07, 6.45) is -0.238. The van der Waals surface area contributed by atoms with Gasteiger partial charge in [0.1, 0.15) is 11.7 Å². The van der Waals surface area contributed by atoms with E-state index in [0.29, 0.717) is 19.5 Å². The van der Waals surface area contributed by atoms with Gasteiger partial charge in [-0.2, -0.15) is 0 Å². The fraction of sp³-hybridized carbons (Fsp3) is 0.889. The Morgan fingerprint density at radius 2 is 1.71 bits per heavy atom. The Morgan fingerprint density at radius 3 is 2.17 bits per heavy atom. The van der Waals surface area contributed by atoms with E-state index in [4.69, 9.17) is 9.16 Å². The van der Waals surface area contributed by atoms with Crippen LogP contribution < -0.4 is 0 Å². The first kappa shape index (κ1) is 21.2. The summed E-state index contributed by atoms with van der Waals surface area (Å²) in [5.74, 6) is -0.138. The third-order valence-electron chi connectivity index (χ3n) is 4.85. The first-order valence-electron chi connectivity index (χ1n) is 8.83. The highest BCUT2D eigenvalue weighted by molar-refractivity contribution is 6.74. The fourth-order valence-corrected chi connectivity index (χ4v) is 3.69. The van der Waals surface area contributed by atoms with Gasteiger partial charge in [0, 0.05) is 19.0 Å². The van der Waals surface area contributed by atoms with Crippen LogP contribution in [-0.2, 0) is 14.0 Å². The van der Waals surface area contributed by atoms with Crippen LogP contribution in [0.4, 0.5) is 4.79 Å². The van der Waals surface area contributed by atoms with Crippen molar-refractivity contribution < 1.29 is 18.8 Å². The van der Waals surface area contributed by atoms with Gasteiger partial charge in [-0.1, -0.05) is 27.7 Å². The maximum absolute atomic E-state index is 12.7. The van der Waals surface area contributed by atoms with Gasteiger partial charge in [-0.15, -0.1) is 0 Å². The zero-order chi connectivity index (χ0) is 18.9. The molecule has 24 heavy (non-hydrogen) atoms. The smallest absolute Gasteiger partial charge is 0.410 e. The lowest BCUT2D eigenvalue weighted by atomic mass is 10.0. The van der Waals surface area contributed by atoms with E-state index in [0.717, 1.165) is 0 Å². The van der Waals surface area contributed by atoms with E-state index < -0.39 is 20.0 Å². The monoisotopic (exact) mass is 357 g/mol. The minimum Gasteiger partial charge on any atom is -0.444 e. The summed E-state index contributed by atoms with van der Waals surface area (Å²) in [7, 11) is -2.03. The maximum Gasteiger partial charge on any atom is 0.410 e. The van der Waals surface area contributed by atoms with Gasteiger partial charge in [0.25, 0.3) is 0 Å². The first-order chi connectivity index (χ1) is 10.6. The van der Waals surface area contributed by atoms with Crippen molar-refractivity contribution in [3.8, 4) is 0 Å². The predicted molar refractivity (Wildman–Crippen MR) is 98.7 cm³/mol. The molecule has 1 amide bonds. The number of likely N-dealkylation sites (tertiary alicyclic amines) is 1. The van der Waals surface area contributed by atoms with E-state index in [2.05, 4.69) is 33.9 Å². The van der Waals surface area contributed by atoms with Crippen molar-refractivity contribution in [3.05, 3.63) is 0 Å². The standard InChI is InChI=1S/C18H35NO4Si/c1-13-12-19(16(21)22-17(2,3)4)11-10-14(15(13)20)23-24(8,9)18(5,6)7/h13-14H,10-12H2,1-9H3/t13-,14-/m0/s1. The van der Waals surface area contributed by atoms with E-state index in [9.17, 15) is 9.59 Å². The van der Waals surface area contributed by atoms with E-state index in [1.165, 1.54) is 0 Å². The molecule has 0 aromatic rings. The number of ketones is 1. The van der Waals surface area contributed by atoms with Crippen molar-refractivity contribution >= 4 is 20.2 Å². The molecule has 1 aliphatic rings. The van der Waals surface area contributed by atoms with Crippen LogP contribution in [0.5, 0.6) is 0 Å². The number of rotatable bonds is 2. The molecule has 0 spiro atoms. The van der Waals surface area contributed by atoms with E-state index in [1.807, 2.05) is 27.7 Å². The average Bonchev–Trinajstić information content (AvgIpc) is 2.48. The minimum absolute atomic E-state index is 0.0493. The van der Waals surface area contributed by atoms with Gasteiger partial charge in [0.2, 0.25) is 0 Å². The lowest BCUT2D eigenvalue weighted by Crippen LogP contribution is -2.46. The second-order valence-corrected chi connectivity index (χ2v) is 14.1. The number of ether oxygens (including phenoxy) is 1. The Kier molecular flexibility index (Phi) is 6.31. The Hall–Kier alpha value is -0.883. The highest BCUT2D eigenvalue weighted by atomic mass is 28.4. The van der Waals surface area contributed by atoms with Crippen LogP contribution in [0.15, 0.2) is 0 Å². The summed E-state index contributed by atoms with van der Waals surface area (Å²) < 4.78 is 11.8. The first-order valence-corrected chi connectivity index (χ1v) is 11.7. The van der Waals surface area contributed by atoms with Gasteiger partial charge in [0.05, 0.1) is 0 Å². The average molecular weight is 358 g/mol. The SMILES string of the molecule is C[C@H]1CN(C(=O)OC(C)(C)C)CC[C@H](O[Si](C)(C)C(C)(C)C)C1=O. The molecular formula is C18H35NO4Si. The van der Waals surface area contributed by atoms with Crippen LogP contribution in [0.3, 0.4) is 0 Å². The van der Waals surface area contributed by atoms with E-state index in [-0.39, 0.29) is 22.8 Å². The number of carbonyl (C=O) groups excluding carboxylic acids is 2. The lowest BCUT2D eigenvalue weighted by Gasteiger charge is -2.38. The van der Waals surface area contributed by atoms with Gasteiger partial charge < -0.3 is 14.1 Å². The Balaban J connectivity index is 2.85. The molecule has 0 aliphatic carbocycles. The molecule has 0 radical (unpaired) electrons. The number of Topliss-reactive ketones (excluding diaryl/α,β-unsaturated/α-hetero) is 1. The molecule has 0 saturated carbocycles. The van der Waals surface area contributed by atoms with Gasteiger partial charge in [-0.05, 0) is 45.3 Å². The van der Waals surface area contributed by atoms with Crippen LogP contribution in [0.25, 0.3) is 0 Å². The zero-order valence-corrected chi connectivity index (χ0v) is 17.9. The normalized spacial score (nSPS) is 23.9. The van der Waals surface area contributed by atoms with Crippen molar-refractivity contribution in [2.45, 2.75) is 84.7 Å². The molecule has 140 valence electrons. The van der Waals surface area contributed by atoms with Gasteiger partial charge in [-0.3, -0.25) is 4.79 Å². The quantitative estimate of drug-likeness (QED) is 0.694. The Morgan fingerprint density at radius 1 is 1.17 bits per heavy atom. The third-order valence-corrected chi connectivity index (χ3v) is 9.34. The third kappa shape index (κ3) is 5.58. The zero-order valence-electron chi connectivity index (χ0n) is 16.9. The second-order valence-electron chi connectivity index (χ2n) is 9.39. The molecule has 6 heteroatoms. The van der Waals surface area contributed by atoms with E-state index in [1.54, 1.807) is 4.90 Å². The van der Waals surface area contributed by atoms with Crippen molar-refractivity contribution in [2.75, 3.05) is 13.1 Å². The van der Waals surface area contributed by atoms with Crippen molar-refractivity contribution in [1.29, 1.82) is 0 Å². The minimum atomic E-state index is -2.03.